The van der Waals surface area contributed by atoms with Gasteiger partial charge in [-0.1, -0.05) is 80.6 Å². The second-order valence-corrected chi connectivity index (χ2v) is 20.6. The molecular formula is C49H55NO16S. The highest BCUT2D eigenvalue weighted by molar-refractivity contribution is 7.90. The monoisotopic (exact) mass is 945 g/mol. The Balaban J connectivity index is 1.42. The molecule has 7 rings (SSSR count). The average molecular weight is 946 g/mol. The summed E-state index contributed by atoms with van der Waals surface area (Å²) in [6.45, 7) is 7.78. The third kappa shape index (κ3) is 8.92. The van der Waals surface area contributed by atoms with E-state index in [4.69, 9.17) is 28.4 Å². The molecule has 0 aromatic heterocycles. The van der Waals surface area contributed by atoms with Crippen molar-refractivity contribution >= 4 is 45.4 Å². The molecule has 11 atom stereocenters. The molecule has 0 spiro atoms. The molecular weight excluding hydrogens is 891 g/mol. The first-order valence-corrected chi connectivity index (χ1v) is 23.8. The largest absolute Gasteiger partial charge is 0.456 e. The van der Waals surface area contributed by atoms with Crippen molar-refractivity contribution in [3.8, 4) is 0 Å². The number of carbonyl (C=O) groups excluding carboxylic acids is 6. The van der Waals surface area contributed by atoms with Gasteiger partial charge in [-0.25, -0.2) is 18.0 Å². The third-order valence-electron chi connectivity index (χ3n) is 13.9. The van der Waals surface area contributed by atoms with Crippen LogP contribution in [-0.2, 0) is 57.4 Å². The van der Waals surface area contributed by atoms with Crippen LogP contribution in [0.5, 0.6) is 0 Å². The number of sulfone groups is 1. The fraction of sp³-hybridized carbons (Fsp3) is 0.469. The van der Waals surface area contributed by atoms with Crippen LogP contribution in [-0.4, -0.2) is 121 Å². The number of ketones is 1. The molecule has 4 aliphatic rings. The van der Waals surface area contributed by atoms with E-state index < -0.39 is 128 Å². The molecule has 2 bridgehead atoms. The van der Waals surface area contributed by atoms with E-state index in [-0.39, 0.29) is 35.3 Å². The molecule has 18 heteroatoms. The molecule has 67 heavy (non-hydrogen) atoms. The van der Waals surface area contributed by atoms with Gasteiger partial charge in [0.1, 0.15) is 29.9 Å². The van der Waals surface area contributed by atoms with Gasteiger partial charge in [0.05, 0.1) is 35.6 Å². The molecule has 1 heterocycles. The first-order valence-electron chi connectivity index (χ1n) is 21.8. The van der Waals surface area contributed by atoms with E-state index in [0.29, 0.717) is 5.56 Å². The summed E-state index contributed by atoms with van der Waals surface area (Å²) in [6.07, 6.45) is -9.86. The molecule has 3 aromatic carbocycles. The van der Waals surface area contributed by atoms with Gasteiger partial charge in [-0.2, -0.15) is 0 Å². The number of hydrogen-bond donors (Lipinski definition) is 3. The van der Waals surface area contributed by atoms with Gasteiger partial charge >= 0.3 is 23.9 Å². The van der Waals surface area contributed by atoms with Gasteiger partial charge < -0.3 is 44.0 Å². The number of aliphatic hydroxyl groups is 2. The Hall–Kier alpha value is -5.79. The van der Waals surface area contributed by atoms with Crippen LogP contribution >= 0.6 is 0 Å². The van der Waals surface area contributed by atoms with Crippen LogP contribution in [0.15, 0.2) is 102 Å². The van der Waals surface area contributed by atoms with E-state index in [0.717, 1.165) is 20.1 Å². The second kappa shape index (κ2) is 18.4. The summed E-state index contributed by atoms with van der Waals surface area (Å²) in [5.41, 5.74) is -7.51. The third-order valence-corrected chi connectivity index (χ3v) is 14.5. The van der Waals surface area contributed by atoms with Crippen LogP contribution in [0.25, 0.3) is 0 Å². The van der Waals surface area contributed by atoms with E-state index in [2.05, 4.69) is 5.32 Å². The maximum atomic E-state index is 15.9. The normalized spacial score (nSPS) is 30.6. The summed E-state index contributed by atoms with van der Waals surface area (Å²) in [5.74, 6) is -8.05. The van der Waals surface area contributed by atoms with Gasteiger partial charge in [0.15, 0.2) is 33.4 Å². The Morgan fingerprint density at radius 2 is 1.43 bits per heavy atom. The summed E-state index contributed by atoms with van der Waals surface area (Å²) in [7, 11) is -3.88. The van der Waals surface area contributed by atoms with E-state index in [1.54, 1.807) is 78.9 Å². The minimum atomic E-state index is -3.88. The highest BCUT2D eigenvalue weighted by Crippen LogP contribution is 2.65. The molecule has 0 radical (unpaired) electrons. The number of aliphatic hydroxyl groups excluding tert-OH is 1. The van der Waals surface area contributed by atoms with Crippen LogP contribution in [0.1, 0.15) is 86.7 Å². The Kier molecular flexibility index (Phi) is 13.5. The van der Waals surface area contributed by atoms with E-state index in [9.17, 15) is 42.6 Å². The number of Topliss-reactive ketones (excluding diaryl/α,β-unsaturated/α-hetero) is 1. The molecule has 2 saturated carbocycles. The standard InChI is InChI=1S/C49H55NO16S/c1-27-33(64-45(57)38(53)37(30-17-11-8-12-18-30)50-43(55)31-19-13-9-14-20-31)24-49(58)42(65-44(56)32-21-15-10-16-22-32)40-47(6,41(54)39(63-28(2)51)36(27)46(49,4)5)34(62-26-67(7,59)60)23-35-48(40,25-61-35)66-29(3)52/h8-22,33-35,37-40,42,53,58H,23-26H2,1-7H3,(H,50,55)/t33-,34-,35+,37-,38+,39+,40-,42-,47+,48-,49+/m0/s1. The lowest BCUT2D eigenvalue weighted by Crippen LogP contribution is -2.82. The highest BCUT2D eigenvalue weighted by atomic mass is 32.2. The van der Waals surface area contributed by atoms with Gasteiger partial charge in [-0.05, 0) is 54.8 Å². The van der Waals surface area contributed by atoms with Crippen LogP contribution < -0.4 is 5.32 Å². The molecule has 3 aliphatic carbocycles. The SMILES string of the molecule is CC(=O)O[C@H]1C(=O)[C@]2(C)[C@@H](OCS(C)(=O)=O)C[C@H]3OC[C@@]3(OC(C)=O)[C@H]2[C@H](OC(=O)c2ccccc2)[C@]2(O)C[C@H](OC(=O)[C@H](O)[C@@H](NC(=O)c3ccccc3)c3ccccc3)C(C)=C1C2(C)C. The number of esters is 4. The lowest BCUT2D eigenvalue weighted by Gasteiger charge is -2.67. The minimum Gasteiger partial charge on any atom is -0.456 e. The zero-order valence-electron chi connectivity index (χ0n) is 38.1. The van der Waals surface area contributed by atoms with Gasteiger partial charge in [0.25, 0.3) is 5.91 Å². The fourth-order valence-corrected chi connectivity index (χ4v) is 11.0. The van der Waals surface area contributed by atoms with Crippen molar-refractivity contribution < 1.29 is 75.8 Å². The number of carbonyl (C=O) groups is 6. The summed E-state index contributed by atoms with van der Waals surface area (Å²) in [6, 6.07) is 22.7. The van der Waals surface area contributed by atoms with Gasteiger partial charge in [0, 0.05) is 43.9 Å². The van der Waals surface area contributed by atoms with Crippen LogP contribution in [0.3, 0.4) is 0 Å². The van der Waals surface area contributed by atoms with Gasteiger partial charge in [-0.3, -0.25) is 19.2 Å². The molecule has 0 unspecified atom stereocenters. The lowest BCUT2D eigenvalue weighted by atomic mass is 9.44. The first kappa shape index (κ1) is 49.1. The number of rotatable bonds is 13. The maximum Gasteiger partial charge on any atom is 0.338 e. The second-order valence-electron chi connectivity index (χ2n) is 18.5. The van der Waals surface area contributed by atoms with Crippen molar-refractivity contribution in [2.45, 2.75) is 108 Å². The summed E-state index contributed by atoms with van der Waals surface area (Å²) < 4.78 is 62.1. The van der Waals surface area contributed by atoms with Crippen molar-refractivity contribution in [1.82, 2.24) is 5.32 Å². The average Bonchev–Trinajstić information content (AvgIpc) is 3.27. The maximum absolute atomic E-state index is 15.9. The van der Waals surface area contributed by atoms with Crippen molar-refractivity contribution in [2.24, 2.45) is 16.7 Å². The Morgan fingerprint density at radius 1 is 0.851 bits per heavy atom. The summed E-state index contributed by atoms with van der Waals surface area (Å²) in [5, 5.41) is 28.5. The topological polar surface area (TPSA) is 244 Å². The van der Waals surface area contributed by atoms with E-state index in [1.807, 2.05) is 0 Å². The van der Waals surface area contributed by atoms with Crippen molar-refractivity contribution in [1.29, 1.82) is 0 Å². The Morgan fingerprint density at radius 3 is 1.97 bits per heavy atom. The smallest absolute Gasteiger partial charge is 0.338 e. The fourth-order valence-electron chi connectivity index (χ4n) is 10.6. The van der Waals surface area contributed by atoms with Crippen LogP contribution in [0, 0.1) is 16.7 Å². The van der Waals surface area contributed by atoms with Crippen molar-refractivity contribution in [2.75, 3.05) is 18.8 Å². The number of nitrogens with one attached hydrogen (secondary N) is 1. The number of ether oxygens (including phenoxy) is 6. The number of fused-ring (bicyclic) bond motifs is 5. The zero-order valence-corrected chi connectivity index (χ0v) is 38.9. The van der Waals surface area contributed by atoms with E-state index in [1.165, 1.54) is 39.8 Å². The Bertz CT molecular complexity index is 2570. The predicted molar refractivity (Wildman–Crippen MR) is 236 cm³/mol. The molecule has 1 aliphatic heterocycles. The quantitative estimate of drug-likeness (QED) is 0.125. The van der Waals surface area contributed by atoms with Crippen LogP contribution in [0.2, 0.25) is 0 Å². The Labute approximate surface area is 388 Å². The summed E-state index contributed by atoms with van der Waals surface area (Å²) in [4.78, 5) is 84.7. The predicted octanol–water partition coefficient (Wildman–Crippen LogP) is 3.76. The zero-order chi connectivity index (χ0) is 48.9. The van der Waals surface area contributed by atoms with Gasteiger partial charge in [0.2, 0.25) is 0 Å². The number of benzene rings is 3. The molecule has 1 amide bonds. The summed E-state index contributed by atoms with van der Waals surface area (Å²) >= 11 is 0. The minimum absolute atomic E-state index is 0.0266. The number of amides is 1. The van der Waals surface area contributed by atoms with Crippen molar-refractivity contribution in [3.05, 3.63) is 119 Å². The highest BCUT2D eigenvalue weighted by Gasteiger charge is 2.78. The number of hydrogen-bond acceptors (Lipinski definition) is 16. The molecule has 17 nitrogen and oxygen atoms in total. The van der Waals surface area contributed by atoms with Crippen LogP contribution in [0.4, 0.5) is 0 Å². The molecule has 3 aromatic rings. The molecule has 3 N–H and O–H groups in total. The molecule has 358 valence electrons. The van der Waals surface area contributed by atoms with Crippen molar-refractivity contribution in [3.63, 3.8) is 0 Å². The van der Waals surface area contributed by atoms with Gasteiger partial charge in [-0.15, -0.1) is 0 Å². The first-order chi connectivity index (χ1) is 31.5. The van der Waals surface area contributed by atoms with E-state index >= 15 is 4.79 Å². The molecule has 3 fully saturated rings. The lowest BCUT2D eigenvalue weighted by molar-refractivity contribution is -0.347. The molecule has 1 saturated heterocycles.